The average molecular weight is 528 g/mol. The Labute approximate surface area is 212 Å². The molecule has 9 nitrogen and oxygen atoms in total. The number of hydrogen-bond acceptors (Lipinski definition) is 9. The molecular weight excluding hydrogens is 495 g/mol. The van der Waals surface area contributed by atoms with Crippen LogP contribution >= 0.6 is 11.3 Å². The maximum absolute atomic E-state index is 13.6. The number of ether oxygens (including phenoxy) is 1. The summed E-state index contributed by atoms with van der Waals surface area (Å²) in [7, 11) is 2.10. The molecule has 2 aliphatic rings. The third-order valence-corrected chi connectivity index (χ3v) is 7.55. The Morgan fingerprint density at radius 3 is 2.69 bits per heavy atom. The topological polar surface area (TPSA) is 95.5 Å². The highest BCUT2D eigenvalue weighted by atomic mass is 32.1. The van der Waals surface area contributed by atoms with Gasteiger partial charge >= 0.3 is 6.18 Å². The maximum Gasteiger partial charge on any atom is 0.421 e. The number of halogens is 3. The van der Waals surface area contributed by atoms with E-state index in [2.05, 4.69) is 32.5 Å². The highest BCUT2D eigenvalue weighted by molar-refractivity contribution is 7.12. The number of carbonyl (C=O) groups is 1. The first-order valence-corrected chi connectivity index (χ1v) is 13.0. The fourth-order valence-electron chi connectivity index (χ4n) is 4.29. The number of rotatable bonds is 8. The minimum Gasteiger partial charge on any atom is -0.379 e. The molecule has 0 aromatic carbocycles. The predicted octanol–water partition coefficient (Wildman–Crippen LogP) is 3.86. The quantitative estimate of drug-likeness (QED) is 0.500. The summed E-state index contributed by atoms with van der Waals surface area (Å²) in [5.74, 6) is 0.702. The Kier molecular flexibility index (Phi) is 8.62. The molecule has 2 N–H and O–H groups in total. The van der Waals surface area contributed by atoms with E-state index in [1.807, 2.05) is 6.92 Å². The fourth-order valence-corrected chi connectivity index (χ4v) is 5.33. The molecule has 0 saturated carbocycles. The number of hydrogen-bond donors (Lipinski definition) is 2. The number of anilines is 3. The summed E-state index contributed by atoms with van der Waals surface area (Å²) in [4.78, 5) is 29.7. The monoisotopic (exact) mass is 527 g/mol. The molecule has 4 heterocycles. The lowest BCUT2D eigenvalue weighted by molar-refractivity contribution is -0.137. The van der Waals surface area contributed by atoms with Crippen LogP contribution < -0.4 is 10.6 Å². The first-order chi connectivity index (χ1) is 17.2. The zero-order valence-corrected chi connectivity index (χ0v) is 21.3. The van der Waals surface area contributed by atoms with Crippen LogP contribution in [0.25, 0.3) is 0 Å². The number of carbonyl (C=O) groups excluding carboxylic acids is 1. The molecule has 4 rings (SSSR count). The number of aromatic nitrogens is 3. The van der Waals surface area contributed by atoms with Crippen molar-refractivity contribution in [3.63, 3.8) is 0 Å². The summed E-state index contributed by atoms with van der Waals surface area (Å²) in [6.45, 7) is 5.97. The van der Waals surface area contributed by atoms with Crippen LogP contribution in [0, 0.1) is 6.92 Å². The van der Waals surface area contributed by atoms with E-state index in [0.717, 1.165) is 42.0 Å². The molecule has 2 aromatic rings. The zero-order chi connectivity index (χ0) is 25.7. The van der Waals surface area contributed by atoms with Crippen LogP contribution in [0.3, 0.4) is 0 Å². The van der Waals surface area contributed by atoms with Crippen molar-refractivity contribution < 1.29 is 22.7 Å². The van der Waals surface area contributed by atoms with Crippen molar-refractivity contribution in [2.75, 3.05) is 63.6 Å². The van der Waals surface area contributed by atoms with Crippen LogP contribution in [-0.2, 0) is 15.7 Å². The molecule has 0 bridgehead atoms. The van der Waals surface area contributed by atoms with Gasteiger partial charge in [0, 0.05) is 36.6 Å². The number of thiazole rings is 1. The Morgan fingerprint density at radius 2 is 1.94 bits per heavy atom. The first kappa shape index (κ1) is 26.6. The molecule has 2 aliphatic heterocycles. The van der Waals surface area contributed by atoms with Gasteiger partial charge in [0.25, 0.3) is 0 Å². The maximum atomic E-state index is 13.6. The molecular formula is C23H32F3N7O2S. The van der Waals surface area contributed by atoms with Gasteiger partial charge < -0.3 is 25.2 Å². The molecule has 0 radical (unpaired) electrons. The van der Waals surface area contributed by atoms with Gasteiger partial charge in [0.05, 0.1) is 24.6 Å². The molecule has 0 aliphatic carbocycles. The third kappa shape index (κ3) is 6.83. The van der Waals surface area contributed by atoms with E-state index in [0.29, 0.717) is 50.9 Å². The Bertz CT molecular complexity index is 1040. The number of alkyl halides is 3. The van der Waals surface area contributed by atoms with Crippen LogP contribution in [-0.4, -0.2) is 83.6 Å². The van der Waals surface area contributed by atoms with Gasteiger partial charge in [-0.25, -0.2) is 9.97 Å². The van der Waals surface area contributed by atoms with Gasteiger partial charge in [-0.05, 0) is 46.3 Å². The van der Waals surface area contributed by atoms with Crippen LogP contribution in [0.5, 0.6) is 0 Å². The molecule has 0 spiro atoms. The van der Waals surface area contributed by atoms with Crippen molar-refractivity contribution >= 4 is 34.8 Å². The predicted molar refractivity (Wildman–Crippen MR) is 132 cm³/mol. The largest absolute Gasteiger partial charge is 0.421 e. The van der Waals surface area contributed by atoms with E-state index < -0.39 is 11.7 Å². The Hall–Kier alpha value is -2.51. The zero-order valence-electron chi connectivity index (χ0n) is 20.5. The summed E-state index contributed by atoms with van der Waals surface area (Å²) in [5, 5.41) is 6.83. The van der Waals surface area contributed by atoms with E-state index in [-0.39, 0.29) is 24.2 Å². The average Bonchev–Trinajstić information content (AvgIpc) is 3.06. The van der Waals surface area contributed by atoms with Crippen LogP contribution in [0.15, 0.2) is 6.20 Å². The molecule has 0 atom stereocenters. The van der Waals surface area contributed by atoms with E-state index in [9.17, 15) is 18.0 Å². The van der Waals surface area contributed by atoms with Gasteiger partial charge in [0.1, 0.15) is 17.2 Å². The highest BCUT2D eigenvalue weighted by Crippen LogP contribution is 2.36. The summed E-state index contributed by atoms with van der Waals surface area (Å²) >= 11 is 1.60. The molecule has 2 fully saturated rings. The summed E-state index contributed by atoms with van der Waals surface area (Å²) in [6.07, 6.45) is -0.958. The number of likely N-dealkylation sites (tertiary alicyclic amines) is 1. The summed E-state index contributed by atoms with van der Waals surface area (Å²) in [6, 6.07) is 0. The van der Waals surface area contributed by atoms with Crippen molar-refractivity contribution in [1.29, 1.82) is 0 Å². The van der Waals surface area contributed by atoms with Crippen LogP contribution in [0.1, 0.15) is 47.0 Å². The number of aryl methyl sites for hydroxylation is 1. The standard InChI is InChI=1S/C23H32F3N7O2S/c1-15-19(29-21(36-15)16-4-9-32(2)10-5-16)30-22-28-14-17(23(24,25)26)20(31-22)27-7-3-8-33-11-13-35-12-6-18(33)34/h14,16H,3-13H2,1-2H3,(H2,27,28,30,31). The molecule has 1 amide bonds. The lowest BCUT2D eigenvalue weighted by Crippen LogP contribution is -2.33. The van der Waals surface area contributed by atoms with E-state index >= 15 is 0 Å². The second-order valence-electron chi connectivity index (χ2n) is 9.14. The van der Waals surface area contributed by atoms with E-state index in [1.165, 1.54) is 0 Å². The second-order valence-corrected chi connectivity index (χ2v) is 10.4. The van der Waals surface area contributed by atoms with Crippen molar-refractivity contribution in [3.05, 3.63) is 21.6 Å². The second kappa shape index (κ2) is 11.7. The van der Waals surface area contributed by atoms with Crippen molar-refractivity contribution in [2.45, 2.75) is 44.7 Å². The highest BCUT2D eigenvalue weighted by Gasteiger charge is 2.35. The lowest BCUT2D eigenvalue weighted by Gasteiger charge is -2.27. The first-order valence-electron chi connectivity index (χ1n) is 12.2. The van der Waals surface area contributed by atoms with Gasteiger partial charge in [-0.3, -0.25) is 4.79 Å². The molecule has 198 valence electrons. The fraction of sp³-hybridized carbons (Fsp3) is 0.652. The number of amides is 1. The molecule has 36 heavy (non-hydrogen) atoms. The number of nitrogens with one attached hydrogen (secondary N) is 2. The summed E-state index contributed by atoms with van der Waals surface area (Å²) < 4.78 is 46.0. The van der Waals surface area contributed by atoms with Gasteiger partial charge in [-0.15, -0.1) is 11.3 Å². The smallest absolute Gasteiger partial charge is 0.379 e. The van der Waals surface area contributed by atoms with Crippen molar-refractivity contribution in [1.82, 2.24) is 24.8 Å². The van der Waals surface area contributed by atoms with Crippen LogP contribution in [0.4, 0.5) is 30.8 Å². The minimum atomic E-state index is -4.60. The van der Waals surface area contributed by atoms with E-state index in [1.54, 1.807) is 16.2 Å². The van der Waals surface area contributed by atoms with Gasteiger partial charge in [-0.1, -0.05) is 0 Å². The molecule has 0 unspecified atom stereocenters. The minimum absolute atomic E-state index is 0.00440. The summed E-state index contributed by atoms with van der Waals surface area (Å²) in [5.41, 5.74) is -0.936. The van der Waals surface area contributed by atoms with Crippen LogP contribution in [0.2, 0.25) is 0 Å². The molecule has 2 aromatic heterocycles. The van der Waals surface area contributed by atoms with E-state index in [4.69, 9.17) is 9.72 Å². The van der Waals surface area contributed by atoms with Gasteiger partial charge in [-0.2, -0.15) is 18.2 Å². The number of piperidine rings is 1. The lowest BCUT2D eigenvalue weighted by atomic mass is 9.98. The number of nitrogens with zero attached hydrogens (tertiary/aromatic N) is 5. The molecule has 2 saturated heterocycles. The molecule has 13 heteroatoms. The van der Waals surface area contributed by atoms with Crippen molar-refractivity contribution in [2.24, 2.45) is 0 Å². The third-order valence-electron chi connectivity index (χ3n) is 6.42. The Morgan fingerprint density at radius 1 is 1.17 bits per heavy atom. The van der Waals surface area contributed by atoms with Gasteiger partial charge in [0.2, 0.25) is 11.9 Å². The SMILES string of the molecule is Cc1sc(C2CCN(C)CC2)nc1Nc1ncc(C(F)(F)F)c(NCCCN2CCOCCC2=O)n1. The van der Waals surface area contributed by atoms with Crippen molar-refractivity contribution in [3.8, 4) is 0 Å². The Balaban J connectivity index is 1.41. The normalized spacial score (nSPS) is 18.4. The van der Waals surface area contributed by atoms with Gasteiger partial charge in [0.15, 0.2) is 0 Å².